The Hall–Kier alpha value is -3.92. The molecular weight excluding hydrogens is 506 g/mol. The van der Waals surface area contributed by atoms with Crippen LogP contribution in [0.25, 0.3) is 16.8 Å². The van der Waals surface area contributed by atoms with Crippen LogP contribution in [0.5, 0.6) is 17.2 Å². The summed E-state index contributed by atoms with van der Waals surface area (Å²) in [4.78, 5) is 0. The van der Waals surface area contributed by atoms with Crippen molar-refractivity contribution in [3.05, 3.63) is 101 Å². The van der Waals surface area contributed by atoms with Crippen molar-refractivity contribution in [2.24, 2.45) is 0 Å². The molecule has 1 heterocycles. The lowest BCUT2D eigenvalue weighted by Crippen LogP contribution is -2.34. The predicted molar refractivity (Wildman–Crippen MR) is 172 cm³/mol. The maximum absolute atomic E-state index is 7.25. The molecule has 0 radical (unpaired) electrons. The van der Waals surface area contributed by atoms with Crippen LogP contribution in [-0.2, 0) is 5.60 Å². The Balaban J connectivity index is 1.58. The third kappa shape index (κ3) is 5.79. The molecular formula is C37H43NO3. The Bertz CT molecular complexity index is 1490. The molecule has 4 heteroatoms. The number of unbranched alkanes of at least 4 members (excludes halogenated alkanes) is 4. The number of benzene rings is 4. The summed E-state index contributed by atoms with van der Waals surface area (Å²) in [6.07, 6.45) is 10.8. The van der Waals surface area contributed by atoms with Crippen molar-refractivity contribution in [2.45, 2.75) is 64.4 Å². The zero-order chi connectivity index (χ0) is 28.8. The van der Waals surface area contributed by atoms with Crippen molar-refractivity contribution in [1.29, 1.82) is 0 Å². The van der Waals surface area contributed by atoms with Crippen LogP contribution in [0.15, 0.2) is 78.9 Å². The lowest BCUT2D eigenvalue weighted by molar-refractivity contribution is 0.163. The van der Waals surface area contributed by atoms with Gasteiger partial charge in [0.2, 0.25) is 0 Å². The highest BCUT2D eigenvalue weighted by Crippen LogP contribution is 2.49. The van der Waals surface area contributed by atoms with E-state index >= 15 is 0 Å². The summed E-state index contributed by atoms with van der Waals surface area (Å²) >= 11 is 0. The molecule has 1 aliphatic heterocycles. The van der Waals surface area contributed by atoms with Gasteiger partial charge in [-0.25, -0.2) is 0 Å². The maximum atomic E-state index is 7.25. The van der Waals surface area contributed by atoms with Gasteiger partial charge in [-0.05, 0) is 48.2 Å². The second-order valence-corrected chi connectivity index (χ2v) is 11.2. The van der Waals surface area contributed by atoms with Crippen molar-refractivity contribution in [3.8, 4) is 17.2 Å². The number of fused-ring (bicyclic) bond motifs is 3. The molecule has 0 saturated heterocycles. The van der Waals surface area contributed by atoms with Crippen LogP contribution < -0.4 is 19.5 Å². The van der Waals surface area contributed by atoms with Gasteiger partial charge in [0, 0.05) is 45.8 Å². The normalized spacial score (nSPS) is 16.0. The summed E-state index contributed by atoms with van der Waals surface area (Å²) in [5.41, 5.74) is 4.84. The average Bonchev–Trinajstić information content (AvgIpc) is 3.02. The van der Waals surface area contributed by atoms with Crippen molar-refractivity contribution in [2.75, 3.05) is 26.1 Å². The van der Waals surface area contributed by atoms with Crippen molar-refractivity contribution in [3.63, 3.8) is 0 Å². The molecule has 1 atom stereocenters. The standard InChI is InChI=1S/C37H43NO3/c1-6-7-8-9-13-22-38-29-18-16-28(17-19-29)37(27-14-11-10-12-15-27)21-20-31-32(26(2)3)25-33-34(36(31)41-37)23-30(39-4)24-35(33)40-5/h10-12,14-21,23-26,38H,6-9,13,22H2,1-5H3. The first-order valence-electron chi connectivity index (χ1n) is 15.0. The van der Waals surface area contributed by atoms with E-state index in [1.165, 1.54) is 37.7 Å². The molecule has 0 saturated carbocycles. The number of rotatable bonds is 12. The van der Waals surface area contributed by atoms with Gasteiger partial charge in [0.05, 0.1) is 14.2 Å². The number of nitrogens with one attached hydrogen (secondary N) is 1. The molecule has 0 aromatic heterocycles. The summed E-state index contributed by atoms with van der Waals surface area (Å²) < 4.78 is 18.7. The minimum atomic E-state index is -0.786. The monoisotopic (exact) mass is 549 g/mol. The topological polar surface area (TPSA) is 39.7 Å². The first kappa shape index (κ1) is 28.6. The van der Waals surface area contributed by atoms with E-state index in [1.807, 2.05) is 12.1 Å². The van der Waals surface area contributed by atoms with E-state index < -0.39 is 5.60 Å². The molecule has 214 valence electrons. The van der Waals surface area contributed by atoms with Gasteiger partial charge >= 0.3 is 0 Å². The highest BCUT2D eigenvalue weighted by molar-refractivity contribution is 5.99. The fraction of sp³-hybridized carbons (Fsp3) is 0.351. The lowest BCUT2D eigenvalue weighted by atomic mass is 9.81. The number of anilines is 1. The van der Waals surface area contributed by atoms with E-state index in [2.05, 4.69) is 98.9 Å². The molecule has 4 aromatic rings. The largest absolute Gasteiger partial charge is 0.497 e. The first-order chi connectivity index (χ1) is 20.0. The minimum Gasteiger partial charge on any atom is -0.497 e. The quantitative estimate of drug-likeness (QED) is 0.179. The zero-order valence-corrected chi connectivity index (χ0v) is 25.1. The van der Waals surface area contributed by atoms with E-state index in [1.54, 1.807) is 14.2 Å². The molecule has 0 spiro atoms. The van der Waals surface area contributed by atoms with Crippen LogP contribution >= 0.6 is 0 Å². The highest BCUT2D eigenvalue weighted by Gasteiger charge is 2.38. The van der Waals surface area contributed by atoms with Gasteiger partial charge in [0.1, 0.15) is 17.2 Å². The fourth-order valence-corrected chi connectivity index (χ4v) is 5.85. The maximum Gasteiger partial charge on any atom is 0.178 e. The molecule has 0 bridgehead atoms. The summed E-state index contributed by atoms with van der Waals surface area (Å²) in [6, 6.07) is 25.5. The summed E-state index contributed by atoms with van der Waals surface area (Å²) in [6.45, 7) is 7.69. The SMILES string of the molecule is CCCCCCCNc1ccc(C2(c3ccccc3)C=Cc3c(C(C)C)cc4c(OC)cc(OC)cc4c3O2)cc1. The molecule has 5 rings (SSSR count). The second-order valence-electron chi connectivity index (χ2n) is 11.2. The Morgan fingerprint density at radius 1 is 0.805 bits per heavy atom. The molecule has 1 N–H and O–H groups in total. The van der Waals surface area contributed by atoms with E-state index in [0.29, 0.717) is 5.92 Å². The molecule has 41 heavy (non-hydrogen) atoms. The van der Waals surface area contributed by atoms with Crippen LogP contribution in [0.2, 0.25) is 0 Å². The van der Waals surface area contributed by atoms with Gasteiger partial charge < -0.3 is 19.5 Å². The highest BCUT2D eigenvalue weighted by atomic mass is 16.5. The van der Waals surface area contributed by atoms with Gasteiger partial charge in [-0.3, -0.25) is 0 Å². The smallest absolute Gasteiger partial charge is 0.178 e. The molecule has 4 aromatic carbocycles. The van der Waals surface area contributed by atoms with Crippen LogP contribution in [-0.4, -0.2) is 20.8 Å². The zero-order valence-electron chi connectivity index (χ0n) is 25.1. The van der Waals surface area contributed by atoms with Crippen LogP contribution in [0.1, 0.15) is 81.0 Å². The molecule has 4 nitrogen and oxygen atoms in total. The molecule has 0 fully saturated rings. The van der Waals surface area contributed by atoms with Gasteiger partial charge in [-0.15, -0.1) is 0 Å². The van der Waals surface area contributed by atoms with Crippen molar-refractivity contribution >= 4 is 22.5 Å². The first-order valence-corrected chi connectivity index (χ1v) is 15.0. The van der Waals surface area contributed by atoms with Gasteiger partial charge in [0.25, 0.3) is 0 Å². The molecule has 0 amide bonds. The Morgan fingerprint density at radius 3 is 2.22 bits per heavy atom. The third-order valence-corrected chi connectivity index (χ3v) is 8.17. The Morgan fingerprint density at radius 2 is 1.54 bits per heavy atom. The van der Waals surface area contributed by atoms with E-state index in [0.717, 1.165) is 56.9 Å². The minimum absolute atomic E-state index is 0.310. The Labute approximate surface area is 245 Å². The molecule has 0 aliphatic carbocycles. The van der Waals surface area contributed by atoms with E-state index in [-0.39, 0.29) is 0 Å². The number of ether oxygens (including phenoxy) is 3. The summed E-state index contributed by atoms with van der Waals surface area (Å²) in [7, 11) is 3.39. The van der Waals surface area contributed by atoms with E-state index in [4.69, 9.17) is 14.2 Å². The van der Waals surface area contributed by atoms with Crippen LogP contribution in [0.4, 0.5) is 5.69 Å². The number of hydrogen-bond acceptors (Lipinski definition) is 4. The summed E-state index contributed by atoms with van der Waals surface area (Å²) in [5.74, 6) is 2.67. The molecule has 1 aliphatic rings. The van der Waals surface area contributed by atoms with Gasteiger partial charge in [-0.2, -0.15) is 0 Å². The predicted octanol–water partition coefficient (Wildman–Crippen LogP) is 9.71. The molecule has 1 unspecified atom stereocenters. The van der Waals surface area contributed by atoms with Crippen LogP contribution in [0.3, 0.4) is 0 Å². The van der Waals surface area contributed by atoms with Crippen molar-refractivity contribution < 1.29 is 14.2 Å². The van der Waals surface area contributed by atoms with E-state index in [9.17, 15) is 0 Å². The average molecular weight is 550 g/mol. The number of methoxy groups -OCH3 is 2. The van der Waals surface area contributed by atoms with Crippen LogP contribution in [0, 0.1) is 0 Å². The Kier molecular flexibility index (Phi) is 8.87. The third-order valence-electron chi connectivity index (χ3n) is 8.17. The number of hydrogen-bond donors (Lipinski definition) is 1. The lowest BCUT2D eigenvalue weighted by Gasteiger charge is -2.37. The van der Waals surface area contributed by atoms with Gasteiger partial charge in [-0.1, -0.05) is 95.0 Å². The van der Waals surface area contributed by atoms with Gasteiger partial charge in [0.15, 0.2) is 5.60 Å². The summed E-state index contributed by atoms with van der Waals surface area (Å²) in [5, 5.41) is 5.60. The van der Waals surface area contributed by atoms with Crippen molar-refractivity contribution in [1.82, 2.24) is 0 Å². The fourth-order valence-electron chi connectivity index (χ4n) is 5.85. The second kappa shape index (κ2) is 12.7.